The monoisotopic (exact) mass is 580 g/mol. The number of carbonyl (C=O) groups excluding carboxylic acids is 3. The van der Waals surface area contributed by atoms with Crippen LogP contribution in [0, 0.1) is 17.1 Å². The average molecular weight is 581 g/mol. The first-order valence-electron chi connectivity index (χ1n) is 12.7. The summed E-state index contributed by atoms with van der Waals surface area (Å²) < 4.78 is 66.5. The van der Waals surface area contributed by atoms with Gasteiger partial charge >= 0.3 is 6.36 Å². The third kappa shape index (κ3) is 7.12. The summed E-state index contributed by atoms with van der Waals surface area (Å²) >= 11 is 0. The summed E-state index contributed by atoms with van der Waals surface area (Å²) in [6.07, 6.45) is -4.12. The van der Waals surface area contributed by atoms with Gasteiger partial charge in [-0.05, 0) is 49.1 Å². The van der Waals surface area contributed by atoms with Gasteiger partial charge < -0.3 is 29.7 Å². The number of nitrogens with zero attached hydrogens (tertiary/aromatic N) is 1. The van der Waals surface area contributed by atoms with E-state index in [9.17, 15) is 31.9 Å². The summed E-state index contributed by atoms with van der Waals surface area (Å²) in [5, 5.41) is 13.4. The van der Waals surface area contributed by atoms with Gasteiger partial charge in [0.2, 0.25) is 11.8 Å². The number of likely N-dealkylation sites (tertiary alicyclic amines) is 1. The number of hydrogen-bond donors (Lipinski definition) is 3. The van der Waals surface area contributed by atoms with Crippen molar-refractivity contribution < 1.29 is 46.2 Å². The Hall–Kier alpha value is -4.20. The molecule has 0 radical (unpaired) electrons. The van der Waals surface area contributed by atoms with Gasteiger partial charge in [-0.1, -0.05) is 6.07 Å². The second-order valence-corrected chi connectivity index (χ2v) is 9.60. The molecule has 220 valence electrons. The molecule has 1 saturated heterocycles. The Bertz CT molecular complexity index is 1350. The van der Waals surface area contributed by atoms with E-state index >= 15 is 0 Å². The van der Waals surface area contributed by atoms with Crippen molar-refractivity contribution in [1.29, 1.82) is 5.41 Å². The fourth-order valence-electron chi connectivity index (χ4n) is 4.74. The van der Waals surface area contributed by atoms with Crippen LogP contribution in [-0.2, 0) is 19.1 Å². The van der Waals surface area contributed by atoms with Gasteiger partial charge in [-0.2, -0.15) is 0 Å². The molecule has 3 N–H and O–H groups in total. The van der Waals surface area contributed by atoms with Crippen LogP contribution in [0.2, 0.25) is 0 Å². The lowest BCUT2D eigenvalue weighted by Gasteiger charge is -2.27. The minimum absolute atomic E-state index is 0.0735. The fraction of sp³-hybridized carbons (Fsp3) is 0.407. The zero-order valence-corrected chi connectivity index (χ0v) is 22.1. The molecule has 3 unspecified atom stereocenters. The first kappa shape index (κ1) is 29.8. The number of methoxy groups -OCH3 is 1. The molecule has 1 saturated carbocycles. The van der Waals surface area contributed by atoms with Gasteiger partial charge in [0, 0.05) is 31.3 Å². The highest BCUT2D eigenvalue weighted by Crippen LogP contribution is 2.48. The number of amides is 2. The van der Waals surface area contributed by atoms with E-state index in [4.69, 9.17) is 14.9 Å². The number of rotatable bonds is 12. The van der Waals surface area contributed by atoms with Crippen LogP contribution in [0.5, 0.6) is 11.5 Å². The summed E-state index contributed by atoms with van der Waals surface area (Å²) in [5.41, 5.74) is -0.259. The SMILES string of the molecule is COCCOc1ccc(NCC(=O)N2C(C(=O)Nc3cccc(OC(F)(F)F)c3F)CC3CC32)c(C(=N)C(C)=O)c1. The van der Waals surface area contributed by atoms with Crippen molar-refractivity contribution in [3.63, 3.8) is 0 Å². The molecule has 0 bridgehead atoms. The highest BCUT2D eigenvalue weighted by atomic mass is 19.4. The van der Waals surface area contributed by atoms with Crippen molar-refractivity contribution in [2.24, 2.45) is 5.92 Å². The lowest BCUT2D eigenvalue weighted by atomic mass is 10.0. The molecule has 10 nitrogen and oxygen atoms in total. The maximum absolute atomic E-state index is 14.6. The van der Waals surface area contributed by atoms with Crippen LogP contribution in [0.3, 0.4) is 0 Å². The maximum Gasteiger partial charge on any atom is 0.573 e. The van der Waals surface area contributed by atoms with E-state index in [-0.39, 0.29) is 36.4 Å². The first-order valence-corrected chi connectivity index (χ1v) is 12.7. The zero-order valence-electron chi connectivity index (χ0n) is 22.1. The zero-order chi connectivity index (χ0) is 29.9. The van der Waals surface area contributed by atoms with Crippen molar-refractivity contribution in [2.75, 3.05) is 37.5 Å². The second-order valence-electron chi connectivity index (χ2n) is 9.60. The number of ketones is 1. The van der Waals surface area contributed by atoms with E-state index in [2.05, 4.69) is 15.4 Å². The molecule has 14 heteroatoms. The third-order valence-corrected chi connectivity index (χ3v) is 6.74. The molecule has 0 spiro atoms. The largest absolute Gasteiger partial charge is 0.573 e. The molecule has 4 rings (SSSR count). The van der Waals surface area contributed by atoms with Crippen molar-refractivity contribution in [1.82, 2.24) is 4.90 Å². The normalized spacial score (nSPS) is 19.3. The van der Waals surface area contributed by atoms with Crippen LogP contribution < -0.4 is 20.1 Å². The highest BCUT2D eigenvalue weighted by Gasteiger charge is 2.56. The number of Topliss-reactive ketones (excluding diaryl/α,β-unsaturated/α-hetero) is 1. The van der Waals surface area contributed by atoms with Crippen LogP contribution in [0.15, 0.2) is 36.4 Å². The molecule has 2 aromatic rings. The summed E-state index contributed by atoms with van der Waals surface area (Å²) in [5.74, 6) is -3.71. The van der Waals surface area contributed by atoms with Crippen molar-refractivity contribution in [3.05, 3.63) is 47.8 Å². The number of fused-ring (bicyclic) bond motifs is 1. The molecular formula is C27H28F4N4O6. The standard InChI is InChI=1S/C27H28F4N4O6/c1-14(36)25(32)17-12-16(40-9-8-39-2)6-7-18(17)33-13-23(37)35-20-10-15(20)11-21(35)26(38)34-19-4-3-5-22(24(19)28)41-27(29,30)31/h3-7,12,15,20-21,32-33H,8-11,13H2,1-2H3,(H,34,38). The van der Waals surface area contributed by atoms with Crippen LogP contribution in [0.1, 0.15) is 25.3 Å². The molecule has 41 heavy (non-hydrogen) atoms. The molecule has 1 heterocycles. The predicted molar refractivity (Wildman–Crippen MR) is 139 cm³/mol. The number of benzene rings is 2. The topological polar surface area (TPSA) is 130 Å². The van der Waals surface area contributed by atoms with Crippen molar-refractivity contribution in [3.8, 4) is 11.5 Å². The van der Waals surface area contributed by atoms with E-state index < -0.39 is 47.3 Å². The number of carbonyl (C=O) groups is 3. The Morgan fingerprint density at radius 3 is 2.54 bits per heavy atom. The van der Waals surface area contributed by atoms with Crippen LogP contribution >= 0.6 is 0 Å². The quantitative estimate of drug-likeness (QED) is 0.198. The third-order valence-electron chi connectivity index (χ3n) is 6.74. The summed E-state index contributed by atoms with van der Waals surface area (Å²) in [7, 11) is 1.52. The summed E-state index contributed by atoms with van der Waals surface area (Å²) in [6, 6.07) is 6.48. The number of anilines is 2. The fourth-order valence-corrected chi connectivity index (χ4v) is 4.74. The summed E-state index contributed by atoms with van der Waals surface area (Å²) in [6.45, 7) is 1.54. The lowest BCUT2D eigenvalue weighted by molar-refractivity contribution is -0.275. The molecule has 2 aromatic carbocycles. The summed E-state index contributed by atoms with van der Waals surface area (Å²) in [4.78, 5) is 39.6. The van der Waals surface area contributed by atoms with Crippen LogP contribution in [-0.4, -0.2) is 73.5 Å². The van der Waals surface area contributed by atoms with E-state index in [1.54, 1.807) is 12.1 Å². The average Bonchev–Trinajstić information content (AvgIpc) is 3.57. The number of hydrogen-bond acceptors (Lipinski definition) is 8. The van der Waals surface area contributed by atoms with Gasteiger partial charge in [0.25, 0.3) is 0 Å². The van der Waals surface area contributed by atoms with Crippen LogP contribution in [0.25, 0.3) is 0 Å². The van der Waals surface area contributed by atoms with E-state index in [1.807, 2.05) is 0 Å². The highest BCUT2D eigenvalue weighted by molar-refractivity contribution is 6.45. The van der Waals surface area contributed by atoms with E-state index in [0.717, 1.165) is 18.2 Å². The molecule has 2 fully saturated rings. The molecular weight excluding hydrogens is 552 g/mol. The Kier molecular flexibility index (Phi) is 8.80. The molecule has 2 amide bonds. The number of halogens is 4. The molecule has 1 aliphatic heterocycles. The first-order chi connectivity index (χ1) is 19.4. The van der Waals surface area contributed by atoms with Crippen molar-refractivity contribution in [2.45, 2.75) is 38.2 Å². The number of ether oxygens (including phenoxy) is 3. The van der Waals surface area contributed by atoms with Gasteiger partial charge in [-0.25, -0.2) is 4.39 Å². The van der Waals surface area contributed by atoms with E-state index in [1.165, 1.54) is 25.0 Å². The number of nitrogens with one attached hydrogen (secondary N) is 3. The van der Waals surface area contributed by atoms with E-state index in [0.29, 0.717) is 30.9 Å². The van der Waals surface area contributed by atoms with Crippen LogP contribution in [0.4, 0.5) is 28.9 Å². The van der Waals surface area contributed by atoms with Gasteiger partial charge in [0.15, 0.2) is 17.3 Å². The Morgan fingerprint density at radius 1 is 1.10 bits per heavy atom. The molecule has 1 aliphatic carbocycles. The number of piperidine rings is 1. The maximum atomic E-state index is 14.6. The predicted octanol–water partition coefficient (Wildman–Crippen LogP) is 3.75. The Balaban J connectivity index is 1.45. The molecule has 2 aliphatic rings. The minimum atomic E-state index is -5.12. The Morgan fingerprint density at radius 2 is 1.85 bits per heavy atom. The van der Waals surface area contributed by atoms with Gasteiger partial charge in [-0.3, -0.25) is 19.8 Å². The molecule has 0 aromatic heterocycles. The minimum Gasteiger partial charge on any atom is -0.491 e. The second kappa shape index (κ2) is 12.1. The van der Waals surface area contributed by atoms with Gasteiger partial charge in [0.05, 0.1) is 18.8 Å². The molecule has 3 atom stereocenters. The van der Waals surface area contributed by atoms with Gasteiger partial charge in [0.1, 0.15) is 24.1 Å². The number of alkyl halides is 3. The van der Waals surface area contributed by atoms with Crippen molar-refractivity contribution >= 4 is 34.7 Å². The Labute approximate surface area is 232 Å². The van der Waals surface area contributed by atoms with Gasteiger partial charge in [-0.15, -0.1) is 13.2 Å². The lowest BCUT2D eigenvalue weighted by Crippen LogP contribution is -2.47. The smallest absolute Gasteiger partial charge is 0.491 e.